The van der Waals surface area contributed by atoms with E-state index in [4.69, 9.17) is 14.2 Å². The average Bonchev–Trinajstić information content (AvgIpc) is 3.00. The summed E-state index contributed by atoms with van der Waals surface area (Å²) in [5.41, 5.74) is 5.64. The first-order valence-electron chi connectivity index (χ1n) is 14.3. The highest BCUT2D eigenvalue weighted by molar-refractivity contribution is 6.04. The molecule has 5 rings (SSSR count). The Morgan fingerprint density at radius 2 is 1.66 bits per heavy atom. The molecule has 1 aliphatic carbocycles. The number of carbonyl (C=O) groups is 2. The third-order valence-corrected chi connectivity index (χ3v) is 7.81. The number of ketones is 1. The minimum atomic E-state index is -0.568. The summed E-state index contributed by atoms with van der Waals surface area (Å²) < 4.78 is 17.5. The largest absolute Gasteiger partial charge is 0.493 e. The molecule has 0 saturated heterocycles. The molecule has 1 N–H and O–H groups in total. The SMILES string of the molecule is CCCCOC(=O)C1=C(C)NC2=C(C(=O)C[C@@H](c3ccccc3)C2)[C@@H]1c1ccc(OCc2ccccc2)c(OC)c1. The van der Waals surface area contributed by atoms with Gasteiger partial charge in [0.25, 0.3) is 0 Å². The maximum absolute atomic E-state index is 13.9. The number of benzene rings is 3. The highest BCUT2D eigenvalue weighted by Crippen LogP contribution is 2.47. The van der Waals surface area contributed by atoms with Crippen LogP contribution >= 0.6 is 0 Å². The van der Waals surface area contributed by atoms with Gasteiger partial charge in [-0.25, -0.2) is 4.79 Å². The van der Waals surface area contributed by atoms with E-state index in [2.05, 4.69) is 24.4 Å². The number of hydrogen-bond donors (Lipinski definition) is 1. The van der Waals surface area contributed by atoms with Crippen LogP contribution in [-0.4, -0.2) is 25.5 Å². The molecular weight excluding hydrogens is 514 g/mol. The van der Waals surface area contributed by atoms with E-state index in [0.717, 1.165) is 35.2 Å². The number of nitrogens with one attached hydrogen (secondary N) is 1. The van der Waals surface area contributed by atoms with Crippen molar-refractivity contribution in [2.75, 3.05) is 13.7 Å². The lowest BCUT2D eigenvalue weighted by Crippen LogP contribution is -2.36. The van der Waals surface area contributed by atoms with Gasteiger partial charge in [0, 0.05) is 29.3 Å². The second kappa shape index (κ2) is 12.9. The Labute approximate surface area is 242 Å². The number of hydrogen-bond acceptors (Lipinski definition) is 6. The molecule has 0 amide bonds. The van der Waals surface area contributed by atoms with E-state index in [1.165, 1.54) is 0 Å². The molecule has 6 heteroatoms. The Morgan fingerprint density at radius 1 is 0.927 bits per heavy atom. The van der Waals surface area contributed by atoms with Crippen molar-refractivity contribution >= 4 is 11.8 Å². The molecule has 41 heavy (non-hydrogen) atoms. The molecule has 212 valence electrons. The maximum Gasteiger partial charge on any atom is 0.336 e. The Bertz CT molecular complexity index is 1460. The van der Waals surface area contributed by atoms with Crippen LogP contribution in [0, 0.1) is 0 Å². The van der Waals surface area contributed by atoms with Gasteiger partial charge in [-0.3, -0.25) is 4.79 Å². The average molecular weight is 552 g/mol. The number of rotatable bonds is 10. The number of allylic oxidation sites excluding steroid dienone is 3. The van der Waals surface area contributed by atoms with Gasteiger partial charge >= 0.3 is 5.97 Å². The monoisotopic (exact) mass is 551 g/mol. The van der Waals surface area contributed by atoms with Crippen LogP contribution in [-0.2, 0) is 20.9 Å². The third kappa shape index (κ3) is 6.22. The molecule has 0 spiro atoms. The molecule has 1 aliphatic heterocycles. The Morgan fingerprint density at radius 3 is 2.37 bits per heavy atom. The number of carbonyl (C=O) groups excluding carboxylic acids is 2. The number of dihydropyridines is 1. The molecule has 0 aromatic heterocycles. The second-order valence-electron chi connectivity index (χ2n) is 10.6. The molecule has 0 fully saturated rings. The molecule has 3 aromatic rings. The lowest BCUT2D eigenvalue weighted by Gasteiger charge is -2.37. The molecule has 2 atom stereocenters. The minimum absolute atomic E-state index is 0.0346. The molecular formula is C35H37NO5. The van der Waals surface area contributed by atoms with Crippen molar-refractivity contribution < 1.29 is 23.8 Å². The molecule has 2 aliphatic rings. The van der Waals surface area contributed by atoms with Gasteiger partial charge in [-0.05, 0) is 54.5 Å². The number of esters is 1. The molecule has 0 bridgehead atoms. The summed E-state index contributed by atoms with van der Waals surface area (Å²) >= 11 is 0. The Kier molecular flexibility index (Phi) is 8.88. The number of Topliss-reactive ketones (excluding diaryl/α,β-unsaturated/α-hetero) is 1. The van der Waals surface area contributed by atoms with Gasteiger partial charge < -0.3 is 19.5 Å². The van der Waals surface area contributed by atoms with E-state index in [0.29, 0.717) is 54.4 Å². The van der Waals surface area contributed by atoms with Crippen LogP contribution in [0.25, 0.3) is 0 Å². The van der Waals surface area contributed by atoms with Gasteiger partial charge in [0.15, 0.2) is 17.3 Å². The molecule has 3 aromatic carbocycles. The normalized spacial score (nSPS) is 18.5. The summed E-state index contributed by atoms with van der Waals surface area (Å²) in [5.74, 6) is 0.274. The van der Waals surface area contributed by atoms with Crippen LogP contribution in [0.5, 0.6) is 11.5 Å². The standard InChI is InChI=1S/C35H37NO5/c1-4-5-18-40-35(38)32-23(2)36-28-19-27(25-14-10-7-11-15-25)20-29(37)34(28)33(32)26-16-17-30(31(21-26)39-3)41-22-24-12-8-6-9-13-24/h6-17,21,27,33,36H,4-5,18-20,22H2,1-3H3/t27-,33+/m0/s1. The number of ether oxygens (including phenoxy) is 3. The molecule has 0 radical (unpaired) electrons. The lowest BCUT2D eigenvalue weighted by molar-refractivity contribution is -0.139. The van der Waals surface area contributed by atoms with Crippen molar-refractivity contribution in [3.8, 4) is 11.5 Å². The molecule has 0 unspecified atom stereocenters. The van der Waals surface area contributed by atoms with Crippen molar-refractivity contribution in [1.29, 1.82) is 0 Å². The van der Waals surface area contributed by atoms with E-state index in [-0.39, 0.29) is 11.7 Å². The topological polar surface area (TPSA) is 73.9 Å². The summed E-state index contributed by atoms with van der Waals surface area (Å²) in [5, 5.41) is 3.43. The van der Waals surface area contributed by atoms with E-state index in [9.17, 15) is 9.59 Å². The summed E-state index contributed by atoms with van der Waals surface area (Å²) in [6.45, 7) is 4.67. The lowest BCUT2D eigenvalue weighted by atomic mass is 9.71. The van der Waals surface area contributed by atoms with Gasteiger partial charge in [0.2, 0.25) is 0 Å². The van der Waals surface area contributed by atoms with Gasteiger partial charge in [-0.15, -0.1) is 0 Å². The Balaban J connectivity index is 1.52. The van der Waals surface area contributed by atoms with E-state index in [1.54, 1.807) is 7.11 Å². The third-order valence-electron chi connectivity index (χ3n) is 7.81. The zero-order chi connectivity index (χ0) is 28.8. The summed E-state index contributed by atoms with van der Waals surface area (Å²) in [6, 6.07) is 25.7. The van der Waals surface area contributed by atoms with Crippen LogP contribution in [0.1, 0.15) is 68.1 Å². The molecule has 0 saturated carbocycles. The van der Waals surface area contributed by atoms with E-state index in [1.807, 2.05) is 73.7 Å². The Hall–Kier alpha value is -4.32. The van der Waals surface area contributed by atoms with Crippen molar-refractivity contribution in [2.45, 2.75) is 58.0 Å². The fraction of sp³-hybridized carbons (Fsp3) is 0.314. The first kappa shape index (κ1) is 28.2. The van der Waals surface area contributed by atoms with E-state index < -0.39 is 11.9 Å². The fourth-order valence-corrected chi connectivity index (χ4v) is 5.71. The van der Waals surface area contributed by atoms with Crippen molar-refractivity contribution in [3.05, 3.63) is 118 Å². The summed E-state index contributed by atoms with van der Waals surface area (Å²) in [6.07, 6.45) is 2.77. The second-order valence-corrected chi connectivity index (χ2v) is 10.6. The maximum atomic E-state index is 13.9. The molecule has 6 nitrogen and oxygen atoms in total. The highest BCUT2D eigenvalue weighted by atomic mass is 16.5. The van der Waals surface area contributed by atoms with Crippen LogP contribution in [0.4, 0.5) is 0 Å². The van der Waals surface area contributed by atoms with Crippen LogP contribution < -0.4 is 14.8 Å². The zero-order valence-corrected chi connectivity index (χ0v) is 23.9. The van der Waals surface area contributed by atoms with Crippen LogP contribution in [0.3, 0.4) is 0 Å². The number of unbranched alkanes of at least 4 members (excludes halogenated alkanes) is 1. The predicted octanol–water partition coefficient (Wildman–Crippen LogP) is 6.98. The van der Waals surface area contributed by atoms with Crippen molar-refractivity contribution in [2.24, 2.45) is 0 Å². The van der Waals surface area contributed by atoms with Crippen LogP contribution in [0.2, 0.25) is 0 Å². The first-order valence-corrected chi connectivity index (χ1v) is 14.3. The zero-order valence-electron chi connectivity index (χ0n) is 23.9. The quantitative estimate of drug-likeness (QED) is 0.217. The van der Waals surface area contributed by atoms with E-state index >= 15 is 0 Å². The minimum Gasteiger partial charge on any atom is -0.493 e. The smallest absolute Gasteiger partial charge is 0.336 e. The first-order chi connectivity index (χ1) is 20.0. The summed E-state index contributed by atoms with van der Waals surface area (Å²) in [7, 11) is 1.60. The van der Waals surface area contributed by atoms with Gasteiger partial charge in [-0.2, -0.15) is 0 Å². The fourth-order valence-electron chi connectivity index (χ4n) is 5.71. The van der Waals surface area contributed by atoms with Crippen molar-refractivity contribution in [3.63, 3.8) is 0 Å². The molecule has 1 heterocycles. The summed E-state index contributed by atoms with van der Waals surface area (Å²) in [4.78, 5) is 27.4. The van der Waals surface area contributed by atoms with Gasteiger partial charge in [0.05, 0.1) is 19.3 Å². The number of methoxy groups -OCH3 is 1. The van der Waals surface area contributed by atoms with Crippen LogP contribution in [0.15, 0.2) is 101 Å². The van der Waals surface area contributed by atoms with Gasteiger partial charge in [0.1, 0.15) is 6.61 Å². The van der Waals surface area contributed by atoms with Gasteiger partial charge in [-0.1, -0.05) is 80.1 Å². The van der Waals surface area contributed by atoms with Crippen molar-refractivity contribution in [1.82, 2.24) is 5.32 Å². The predicted molar refractivity (Wildman–Crippen MR) is 159 cm³/mol. The highest BCUT2D eigenvalue weighted by Gasteiger charge is 2.41.